The molecule has 0 aromatic carbocycles. The van der Waals surface area contributed by atoms with Crippen molar-refractivity contribution < 1.29 is 4.79 Å². The van der Waals surface area contributed by atoms with Crippen molar-refractivity contribution in [2.75, 3.05) is 0 Å². The summed E-state index contributed by atoms with van der Waals surface area (Å²) in [5.74, 6) is 0.159. The highest BCUT2D eigenvalue weighted by Crippen LogP contribution is 2.34. The van der Waals surface area contributed by atoms with Crippen LogP contribution in [0.1, 0.15) is 34.9 Å². The van der Waals surface area contributed by atoms with E-state index in [-0.39, 0.29) is 11.8 Å². The number of H-pyrrole nitrogens is 1. The monoisotopic (exact) mass is 261 g/mol. The van der Waals surface area contributed by atoms with Crippen LogP contribution in [0.2, 0.25) is 0 Å². The van der Waals surface area contributed by atoms with Crippen LogP contribution in [0.3, 0.4) is 0 Å². The van der Waals surface area contributed by atoms with E-state index in [1.807, 2.05) is 0 Å². The van der Waals surface area contributed by atoms with Crippen LogP contribution in [0.4, 0.5) is 0 Å². The summed E-state index contributed by atoms with van der Waals surface area (Å²) in [5.41, 5.74) is 2.16. The predicted octanol–water partition coefficient (Wildman–Crippen LogP) is 2.21. The van der Waals surface area contributed by atoms with Gasteiger partial charge in [0.1, 0.15) is 0 Å². The fraction of sp³-hybridized carbons (Fsp3) is 0.385. The lowest BCUT2D eigenvalue weighted by Gasteiger charge is -2.21. The van der Waals surface area contributed by atoms with Gasteiger partial charge in [0.2, 0.25) is 5.91 Å². The highest BCUT2D eigenvalue weighted by atomic mass is 32.1. The molecule has 1 unspecified atom stereocenters. The zero-order valence-corrected chi connectivity index (χ0v) is 10.8. The molecule has 0 bridgehead atoms. The molecule has 0 radical (unpaired) electrons. The fourth-order valence-electron chi connectivity index (χ4n) is 2.45. The van der Waals surface area contributed by atoms with Gasteiger partial charge in [0, 0.05) is 11.1 Å². The molecular weight excluding hydrogens is 246 g/mol. The van der Waals surface area contributed by atoms with Gasteiger partial charge < -0.3 is 10.3 Å². The second-order valence-corrected chi connectivity index (χ2v) is 5.54. The number of hydrogen-bond donors (Lipinski definition) is 2. The van der Waals surface area contributed by atoms with E-state index in [9.17, 15) is 4.79 Å². The van der Waals surface area contributed by atoms with Crippen molar-refractivity contribution in [2.45, 2.75) is 31.7 Å². The van der Waals surface area contributed by atoms with Crippen LogP contribution in [-0.2, 0) is 17.8 Å². The van der Waals surface area contributed by atoms with Gasteiger partial charge in [0.05, 0.1) is 24.5 Å². The van der Waals surface area contributed by atoms with Gasteiger partial charge in [-0.3, -0.25) is 4.79 Å². The Bertz CT molecular complexity index is 532. The molecule has 1 amide bonds. The van der Waals surface area contributed by atoms with Crippen LogP contribution in [0.15, 0.2) is 24.0 Å². The first-order chi connectivity index (χ1) is 8.84. The maximum absolute atomic E-state index is 12.2. The van der Waals surface area contributed by atoms with E-state index in [0.29, 0.717) is 6.54 Å². The van der Waals surface area contributed by atoms with Crippen LogP contribution in [0.5, 0.6) is 0 Å². The second kappa shape index (κ2) is 4.94. The van der Waals surface area contributed by atoms with Gasteiger partial charge in [-0.1, -0.05) is 0 Å². The fourth-order valence-corrected chi connectivity index (χ4v) is 3.43. The summed E-state index contributed by atoms with van der Waals surface area (Å²) in [7, 11) is 0. The van der Waals surface area contributed by atoms with Gasteiger partial charge in [-0.2, -0.15) is 0 Å². The Kier molecular flexibility index (Phi) is 3.15. The number of aromatic nitrogens is 2. The molecule has 0 saturated carbocycles. The number of nitrogens with zero attached hydrogens (tertiary/aromatic N) is 1. The summed E-state index contributed by atoms with van der Waals surface area (Å²) >= 11 is 1.77. The number of amides is 1. The molecule has 3 rings (SSSR count). The van der Waals surface area contributed by atoms with Crippen molar-refractivity contribution >= 4 is 17.2 Å². The first-order valence-corrected chi connectivity index (χ1v) is 7.04. The van der Waals surface area contributed by atoms with Gasteiger partial charge >= 0.3 is 0 Å². The van der Waals surface area contributed by atoms with Gasteiger partial charge in [0.15, 0.2) is 0 Å². The predicted molar refractivity (Wildman–Crippen MR) is 70.4 cm³/mol. The molecule has 0 fully saturated rings. The molecule has 4 nitrogen and oxygen atoms in total. The molecule has 0 aliphatic heterocycles. The number of hydrogen-bond acceptors (Lipinski definition) is 3. The summed E-state index contributed by atoms with van der Waals surface area (Å²) in [5, 5.41) is 5.07. The second-order valence-electron chi connectivity index (χ2n) is 4.54. The zero-order chi connectivity index (χ0) is 12.4. The molecule has 2 heterocycles. The smallest absolute Gasteiger partial charge is 0.227 e. The van der Waals surface area contributed by atoms with Gasteiger partial charge in [0.25, 0.3) is 0 Å². The van der Waals surface area contributed by atoms with E-state index in [4.69, 9.17) is 0 Å². The standard InChI is InChI=1S/C13H15N3OS/c17-13(15-7-9-6-14-8-16-9)11-2-1-3-12-10(11)4-5-18-12/h4-6,8,11H,1-3,7H2,(H,14,16)(H,15,17). The molecule has 94 valence electrons. The van der Waals surface area contributed by atoms with Gasteiger partial charge in [-0.15, -0.1) is 11.3 Å². The maximum atomic E-state index is 12.2. The van der Waals surface area contributed by atoms with Crippen molar-refractivity contribution in [3.63, 3.8) is 0 Å². The normalized spacial score (nSPS) is 18.3. The molecule has 0 saturated heterocycles. The van der Waals surface area contributed by atoms with E-state index in [1.54, 1.807) is 23.9 Å². The lowest BCUT2D eigenvalue weighted by molar-refractivity contribution is -0.123. The molecule has 2 N–H and O–H groups in total. The number of carbonyl (C=O) groups excluding carboxylic acids is 1. The third kappa shape index (κ3) is 2.18. The van der Waals surface area contributed by atoms with Crippen molar-refractivity contribution in [3.05, 3.63) is 40.1 Å². The number of thiophene rings is 1. The summed E-state index contributed by atoms with van der Waals surface area (Å²) in [6.45, 7) is 0.523. The lowest BCUT2D eigenvalue weighted by atomic mass is 9.87. The molecule has 0 spiro atoms. The van der Waals surface area contributed by atoms with Crippen LogP contribution in [0, 0.1) is 0 Å². The Morgan fingerprint density at radius 3 is 3.39 bits per heavy atom. The minimum Gasteiger partial charge on any atom is -0.350 e. The van der Waals surface area contributed by atoms with E-state index >= 15 is 0 Å². The van der Waals surface area contributed by atoms with Crippen molar-refractivity contribution in [2.24, 2.45) is 0 Å². The molecule has 2 aromatic heterocycles. The summed E-state index contributed by atoms with van der Waals surface area (Å²) in [6, 6.07) is 2.10. The molecule has 18 heavy (non-hydrogen) atoms. The number of fused-ring (bicyclic) bond motifs is 1. The SMILES string of the molecule is O=C(NCc1cnc[nH]1)C1CCCc2sccc21. The highest BCUT2D eigenvalue weighted by Gasteiger charge is 2.26. The molecule has 1 aliphatic rings. The maximum Gasteiger partial charge on any atom is 0.227 e. The largest absolute Gasteiger partial charge is 0.350 e. The van der Waals surface area contributed by atoms with Crippen molar-refractivity contribution in [3.8, 4) is 0 Å². The number of aromatic amines is 1. The van der Waals surface area contributed by atoms with E-state index in [0.717, 1.165) is 25.0 Å². The Hall–Kier alpha value is -1.62. The van der Waals surface area contributed by atoms with Crippen LogP contribution >= 0.6 is 11.3 Å². The zero-order valence-electron chi connectivity index (χ0n) is 9.98. The van der Waals surface area contributed by atoms with E-state index in [1.165, 1.54) is 10.4 Å². The van der Waals surface area contributed by atoms with E-state index in [2.05, 4.69) is 26.7 Å². The Balaban J connectivity index is 1.67. The van der Waals surface area contributed by atoms with Gasteiger partial charge in [-0.05, 0) is 36.3 Å². The quantitative estimate of drug-likeness (QED) is 0.890. The minimum absolute atomic E-state index is 0.0305. The minimum atomic E-state index is 0.0305. The lowest BCUT2D eigenvalue weighted by Crippen LogP contribution is -2.30. The first-order valence-electron chi connectivity index (χ1n) is 6.16. The Morgan fingerprint density at radius 1 is 1.61 bits per heavy atom. The number of nitrogens with one attached hydrogen (secondary N) is 2. The van der Waals surface area contributed by atoms with Crippen LogP contribution in [-0.4, -0.2) is 15.9 Å². The third-order valence-corrected chi connectivity index (χ3v) is 4.37. The topological polar surface area (TPSA) is 57.8 Å². The summed E-state index contributed by atoms with van der Waals surface area (Å²) < 4.78 is 0. The Morgan fingerprint density at radius 2 is 2.56 bits per heavy atom. The molecule has 1 aliphatic carbocycles. The number of carbonyl (C=O) groups is 1. The molecule has 5 heteroatoms. The van der Waals surface area contributed by atoms with Crippen molar-refractivity contribution in [1.29, 1.82) is 0 Å². The molecule has 2 aromatic rings. The van der Waals surface area contributed by atoms with Crippen molar-refractivity contribution in [1.82, 2.24) is 15.3 Å². The number of aryl methyl sites for hydroxylation is 1. The van der Waals surface area contributed by atoms with Crippen LogP contribution < -0.4 is 5.32 Å². The average molecular weight is 261 g/mol. The van der Waals surface area contributed by atoms with E-state index < -0.39 is 0 Å². The average Bonchev–Trinajstić information content (AvgIpc) is 3.05. The number of rotatable bonds is 3. The highest BCUT2D eigenvalue weighted by molar-refractivity contribution is 7.10. The molecule has 1 atom stereocenters. The summed E-state index contributed by atoms with van der Waals surface area (Å²) in [4.78, 5) is 20.5. The molecular formula is C13H15N3OS. The van der Waals surface area contributed by atoms with Crippen LogP contribution in [0.25, 0.3) is 0 Å². The summed E-state index contributed by atoms with van der Waals surface area (Å²) in [6.07, 6.45) is 6.54. The van der Waals surface area contributed by atoms with Gasteiger partial charge in [-0.25, -0.2) is 4.98 Å². The number of imidazole rings is 1. The third-order valence-electron chi connectivity index (χ3n) is 3.38. The Labute approximate surface area is 109 Å². The first kappa shape index (κ1) is 11.5.